The highest BCUT2D eigenvalue weighted by Gasteiger charge is 2.32. The molecule has 4 rings (SSSR count). The summed E-state index contributed by atoms with van der Waals surface area (Å²) in [7, 11) is 0. The van der Waals surface area contributed by atoms with Gasteiger partial charge in [0.25, 0.3) is 5.91 Å². The normalized spacial score (nSPS) is 21.9. The van der Waals surface area contributed by atoms with Gasteiger partial charge in [-0.3, -0.25) is 9.89 Å². The summed E-state index contributed by atoms with van der Waals surface area (Å²) in [5.74, 6) is 0.945. The smallest absolute Gasteiger partial charge is 0.256 e. The van der Waals surface area contributed by atoms with E-state index >= 15 is 0 Å². The second kappa shape index (κ2) is 7.25. The summed E-state index contributed by atoms with van der Waals surface area (Å²) in [6.45, 7) is 5.04. The molecule has 1 aliphatic carbocycles. The molecule has 2 aliphatic rings. The molecular weight excluding hydrogens is 326 g/mol. The van der Waals surface area contributed by atoms with Gasteiger partial charge in [-0.15, -0.1) is 0 Å². The third-order valence-corrected chi connectivity index (χ3v) is 6.17. The molecule has 1 N–H and O–H groups in total. The van der Waals surface area contributed by atoms with Crippen LogP contribution >= 0.6 is 0 Å². The van der Waals surface area contributed by atoms with Crippen LogP contribution in [0.3, 0.4) is 0 Å². The topological polar surface area (TPSA) is 66.8 Å². The molecule has 140 valence electrons. The Morgan fingerprint density at radius 1 is 1.12 bits per heavy atom. The standard InChI is InChI=1S/C20H29N5O/c1-14-12-17(15(2)25(14)16-8-4-3-5-9-16)20(26)24-11-7-6-10-18(24)19-21-13-22-23-19/h12-13,16,18H,3-11H2,1-2H3,(H,21,22,23). The summed E-state index contributed by atoms with van der Waals surface area (Å²) in [4.78, 5) is 19.7. The number of hydrogen-bond donors (Lipinski definition) is 1. The molecule has 6 heteroatoms. The van der Waals surface area contributed by atoms with Crippen molar-refractivity contribution in [3.8, 4) is 0 Å². The van der Waals surface area contributed by atoms with Crippen molar-refractivity contribution in [2.75, 3.05) is 6.54 Å². The average Bonchev–Trinajstić information content (AvgIpc) is 3.30. The second-order valence-corrected chi connectivity index (χ2v) is 7.83. The predicted molar refractivity (Wildman–Crippen MR) is 100 cm³/mol. The van der Waals surface area contributed by atoms with Crippen LogP contribution < -0.4 is 0 Å². The van der Waals surface area contributed by atoms with Crippen LogP contribution in [-0.4, -0.2) is 37.1 Å². The van der Waals surface area contributed by atoms with Crippen molar-refractivity contribution in [3.05, 3.63) is 35.2 Å². The molecule has 2 aromatic heterocycles. The molecule has 1 saturated carbocycles. The molecule has 6 nitrogen and oxygen atoms in total. The van der Waals surface area contributed by atoms with E-state index in [9.17, 15) is 4.79 Å². The van der Waals surface area contributed by atoms with E-state index in [0.29, 0.717) is 6.04 Å². The Balaban J connectivity index is 1.63. The van der Waals surface area contributed by atoms with E-state index in [0.717, 1.165) is 42.9 Å². The van der Waals surface area contributed by atoms with Crippen LogP contribution in [0.5, 0.6) is 0 Å². The fourth-order valence-electron chi connectivity index (χ4n) is 4.88. The molecule has 1 atom stereocenters. The van der Waals surface area contributed by atoms with Crippen molar-refractivity contribution < 1.29 is 4.79 Å². The summed E-state index contributed by atoms with van der Waals surface area (Å²) in [6, 6.07) is 2.66. The van der Waals surface area contributed by atoms with E-state index in [4.69, 9.17) is 0 Å². The third-order valence-electron chi connectivity index (χ3n) is 6.17. The van der Waals surface area contributed by atoms with Crippen molar-refractivity contribution in [1.82, 2.24) is 24.6 Å². The first-order valence-electron chi connectivity index (χ1n) is 10.0. The van der Waals surface area contributed by atoms with E-state index in [1.165, 1.54) is 44.1 Å². The number of aromatic nitrogens is 4. The molecule has 0 radical (unpaired) electrons. The van der Waals surface area contributed by atoms with Gasteiger partial charge in [0.1, 0.15) is 12.2 Å². The summed E-state index contributed by atoms with van der Waals surface area (Å²) < 4.78 is 2.42. The van der Waals surface area contributed by atoms with Crippen molar-refractivity contribution in [2.24, 2.45) is 0 Å². The van der Waals surface area contributed by atoms with E-state index in [2.05, 4.69) is 39.7 Å². The molecule has 1 aliphatic heterocycles. The van der Waals surface area contributed by atoms with Gasteiger partial charge in [-0.05, 0) is 52.0 Å². The van der Waals surface area contributed by atoms with Crippen LogP contribution in [0, 0.1) is 13.8 Å². The molecule has 2 aromatic rings. The molecule has 0 spiro atoms. The molecule has 1 saturated heterocycles. The van der Waals surface area contributed by atoms with Crippen molar-refractivity contribution in [1.29, 1.82) is 0 Å². The lowest BCUT2D eigenvalue weighted by Crippen LogP contribution is -2.39. The maximum absolute atomic E-state index is 13.4. The number of piperidine rings is 1. The van der Waals surface area contributed by atoms with Crippen LogP contribution in [0.1, 0.15) is 91.0 Å². The van der Waals surface area contributed by atoms with Gasteiger partial charge in [-0.1, -0.05) is 19.3 Å². The van der Waals surface area contributed by atoms with Gasteiger partial charge in [0.05, 0.1) is 11.6 Å². The molecule has 2 fully saturated rings. The number of carbonyl (C=O) groups is 1. The quantitative estimate of drug-likeness (QED) is 0.901. The van der Waals surface area contributed by atoms with E-state index in [-0.39, 0.29) is 11.9 Å². The number of nitrogens with zero attached hydrogens (tertiary/aromatic N) is 4. The van der Waals surface area contributed by atoms with Crippen LogP contribution in [0.25, 0.3) is 0 Å². The highest BCUT2D eigenvalue weighted by atomic mass is 16.2. The number of aromatic amines is 1. The number of nitrogens with one attached hydrogen (secondary N) is 1. The summed E-state index contributed by atoms with van der Waals surface area (Å²) in [5.41, 5.74) is 3.20. The number of carbonyl (C=O) groups excluding carboxylic acids is 1. The van der Waals surface area contributed by atoms with Crippen LogP contribution in [-0.2, 0) is 0 Å². The fraction of sp³-hybridized carbons (Fsp3) is 0.650. The molecule has 1 unspecified atom stereocenters. The largest absolute Gasteiger partial charge is 0.345 e. The van der Waals surface area contributed by atoms with Gasteiger partial charge < -0.3 is 9.47 Å². The molecular formula is C20H29N5O. The molecule has 3 heterocycles. The van der Waals surface area contributed by atoms with Crippen LogP contribution in [0.2, 0.25) is 0 Å². The zero-order chi connectivity index (χ0) is 18.1. The Morgan fingerprint density at radius 2 is 1.88 bits per heavy atom. The summed E-state index contributed by atoms with van der Waals surface area (Å²) in [6.07, 6.45) is 11.0. The van der Waals surface area contributed by atoms with Crippen molar-refractivity contribution >= 4 is 5.91 Å². The molecule has 0 bridgehead atoms. The Morgan fingerprint density at radius 3 is 2.62 bits per heavy atom. The maximum Gasteiger partial charge on any atom is 0.256 e. The molecule has 26 heavy (non-hydrogen) atoms. The fourth-order valence-corrected chi connectivity index (χ4v) is 4.88. The minimum atomic E-state index is 0.0106. The zero-order valence-corrected chi connectivity index (χ0v) is 15.9. The van der Waals surface area contributed by atoms with E-state index in [1.807, 2.05) is 4.90 Å². The number of aryl methyl sites for hydroxylation is 1. The SMILES string of the molecule is Cc1cc(C(=O)N2CCCCC2c2ncn[nH]2)c(C)n1C1CCCCC1. The number of rotatable bonds is 3. The van der Waals surface area contributed by atoms with Gasteiger partial charge in [0.2, 0.25) is 0 Å². The van der Waals surface area contributed by atoms with Crippen molar-refractivity contribution in [3.63, 3.8) is 0 Å². The second-order valence-electron chi connectivity index (χ2n) is 7.83. The van der Waals surface area contributed by atoms with Gasteiger partial charge in [0.15, 0.2) is 0 Å². The molecule has 0 aromatic carbocycles. The lowest BCUT2D eigenvalue weighted by Gasteiger charge is -2.34. The highest BCUT2D eigenvalue weighted by Crippen LogP contribution is 2.34. The Bertz CT molecular complexity index is 758. The summed E-state index contributed by atoms with van der Waals surface area (Å²) >= 11 is 0. The van der Waals surface area contributed by atoms with Crippen LogP contribution in [0.4, 0.5) is 0 Å². The Kier molecular flexibility index (Phi) is 4.83. The lowest BCUT2D eigenvalue weighted by atomic mass is 9.95. The predicted octanol–water partition coefficient (Wildman–Crippen LogP) is 4.10. The van der Waals surface area contributed by atoms with E-state index < -0.39 is 0 Å². The lowest BCUT2D eigenvalue weighted by molar-refractivity contribution is 0.0599. The van der Waals surface area contributed by atoms with Gasteiger partial charge in [-0.25, -0.2) is 4.98 Å². The van der Waals surface area contributed by atoms with Gasteiger partial charge in [0, 0.05) is 24.0 Å². The molecule has 1 amide bonds. The number of H-pyrrole nitrogens is 1. The first-order chi connectivity index (χ1) is 12.7. The maximum atomic E-state index is 13.4. The van der Waals surface area contributed by atoms with Crippen LogP contribution in [0.15, 0.2) is 12.4 Å². The first kappa shape index (κ1) is 17.3. The average molecular weight is 355 g/mol. The zero-order valence-electron chi connectivity index (χ0n) is 15.9. The Hall–Kier alpha value is -2.11. The number of likely N-dealkylation sites (tertiary alicyclic amines) is 1. The summed E-state index contributed by atoms with van der Waals surface area (Å²) in [5, 5.41) is 6.95. The highest BCUT2D eigenvalue weighted by molar-refractivity contribution is 5.96. The Labute approximate surface area is 155 Å². The minimum absolute atomic E-state index is 0.0106. The third kappa shape index (κ3) is 3.06. The van der Waals surface area contributed by atoms with E-state index in [1.54, 1.807) is 0 Å². The van der Waals surface area contributed by atoms with Gasteiger partial charge in [-0.2, -0.15) is 5.10 Å². The minimum Gasteiger partial charge on any atom is -0.345 e. The first-order valence-corrected chi connectivity index (χ1v) is 10.0. The number of hydrogen-bond acceptors (Lipinski definition) is 3. The monoisotopic (exact) mass is 355 g/mol. The van der Waals surface area contributed by atoms with Gasteiger partial charge >= 0.3 is 0 Å². The van der Waals surface area contributed by atoms with Crippen molar-refractivity contribution in [2.45, 2.75) is 77.3 Å². The number of amides is 1.